The van der Waals surface area contributed by atoms with Crippen LogP contribution >= 0.6 is 0 Å². The molecule has 5 nitrogen and oxygen atoms in total. The lowest BCUT2D eigenvalue weighted by atomic mass is 10.1. The summed E-state index contributed by atoms with van der Waals surface area (Å²) in [7, 11) is 0. The first-order valence-electron chi connectivity index (χ1n) is 7.03. The van der Waals surface area contributed by atoms with Crippen LogP contribution in [-0.2, 0) is 4.74 Å². The number of rotatable bonds is 4. The van der Waals surface area contributed by atoms with Crippen molar-refractivity contribution in [3.05, 3.63) is 29.3 Å². The minimum Gasteiger partial charge on any atom is -0.399 e. The molecule has 1 fully saturated rings. The fraction of sp³-hybridized carbons (Fsp3) is 0.533. The summed E-state index contributed by atoms with van der Waals surface area (Å²) in [6.45, 7) is 8.20. The number of nitrogen functional groups attached to an aromatic ring is 1. The van der Waals surface area contributed by atoms with Crippen molar-refractivity contribution >= 4 is 11.6 Å². The minimum atomic E-state index is -0.0474. The average molecular weight is 277 g/mol. The molecular weight excluding hydrogens is 254 g/mol. The SMILES string of the molecule is Cc1cc(C(=O)NC(C)CN2CCOCC2)ccc1N. The zero-order valence-electron chi connectivity index (χ0n) is 12.2. The van der Waals surface area contributed by atoms with E-state index in [2.05, 4.69) is 10.2 Å². The number of hydrogen-bond donors (Lipinski definition) is 2. The first-order valence-corrected chi connectivity index (χ1v) is 7.03. The molecule has 2 rings (SSSR count). The van der Waals surface area contributed by atoms with Crippen LogP contribution in [0, 0.1) is 6.92 Å². The molecule has 5 heteroatoms. The summed E-state index contributed by atoms with van der Waals surface area (Å²) >= 11 is 0. The lowest BCUT2D eigenvalue weighted by Gasteiger charge is -2.29. The number of ether oxygens (including phenoxy) is 1. The van der Waals surface area contributed by atoms with E-state index in [9.17, 15) is 4.79 Å². The summed E-state index contributed by atoms with van der Waals surface area (Å²) in [5, 5.41) is 3.03. The van der Waals surface area contributed by atoms with Gasteiger partial charge in [0, 0.05) is 36.9 Å². The number of amides is 1. The standard InChI is InChI=1S/C15H23N3O2/c1-11-9-13(3-4-14(11)16)15(19)17-12(2)10-18-5-7-20-8-6-18/h3-4,9,12H,5-8,10,16H2,1-2H3,(H,17,19). The molecule has 110 valence electrons. The zero-order valence-corrected chi connectivity index (χ0v) is 12.2. The third-order valence-corrected chi connectivity index (χ3v) is 3.55. The second-order valence-electron chi connectivity index (χ2n) is 5.36. The van der Waals surface area contributed by atoms with Crippen LogP contribution in [0.15, 0.2) is 18.2 Å². The van der Waals surface area contributed by atoms with E-state index in [0.717, 1.165) is 38.4 Å². The van der Waals surface area contributed by atoms with E-state index in [4.69, 9.17) is 10.5 Å². The average Bonchev–Trinajstić information content (AvgIpc) is 2.42. The van der Waals surface area contributed by atoms with Crippen molar-refractivity contribution in [1.82, 2.24) is 10.2 Å². The molecule has 1 saturated heterocycles. The molecule has 1 aliphatic rings. The van der Waals surface area contributed by atoms with E-state index in [1.807, 2.05) is 19.9 Å². The first kappa shape index (κ1) is 14.8. The van der Waals surface area contributed by atoms with Gasteiger partial charge in [0.25, 0.3) is 5.91 Å². The number of nitrogens with two attached hydrogens (primary N) is 1. The summed E-state index contributed by atoms with van der Waals surface area (Å²) in [5.74, 6) is -0.0474. The van der Waals surface area contributed by atoms with Gasteiger partial charge in [0.2, 0.25) is 0 Å². The Balaban J connectivity index is 1.87. The highest BCUT2D eigenvalue weighted by molar-refractivity contribution is 5.95. The Kier molecular flexibility index (Phi) is 4.98. The van der Waals surface area contributed by atoms with Crippen LogP contribution in [-0.4, -0.2) is 49.7 Å². The highest BCUT2D eigenvalue weighted by Crippen LogP contribution is 2.12. The Morgan fingerprint density at radius 3 is 2.80 bits per heavy atom. The van der Waals surface area contributed by atoms with Crippen molar-refractivity contribution in [3.8, 4) is 0 Å². The summed E-state index contributed by atoms with van der Waals surface area (Å²) in [6, 6.07) is 5.47. The number of aryl methyl sites for hydroxylation is 1. The molecule has 1 amide bonds. The Hall–Kier alpha value is -1.59. The van der Waals surface area contributed by atoms with E-state index in [0.29, 0.717) is 11.3 Å². The van der Waals surface area contributed by atoms with Crippen LogP contribution in [0.3, 0.4) is 0 Å². The number of carbonyl (C=O) groups is 1. The van der Waals surface area contributed by atoms with E-state index < -0.39 is 0 Å². The fourth-order valence-electron chi connectivity index (χ4n) is 2.34. The number of anilines is 1. The molecule has 1 heterocycles. The Labute approximate surface area is 120 Å². The van der Waals surface area contributed by atoms with Crippen LogP contribution in [0.1, 0.15) is 22.8 Å². The van der Waals surface area contributed by atoms with Crippen molar-refractivity contribution in [2.24, 2.45) is 0 Å². The quantitative estimate of drug-likeness (QED) is 0.807. The number of nitrogens with one attached hydrogen (secondary N) is 1. The Morgan fingerprint density at radius 1 is 1.45 bits per heavy atom. The Bertz CT molecular complexity index is 470. The van der Waals surface area contributed by atoms with Gasteiger partial charge in [-0.1, -0.05) is 0 Å². The highest BCUT2D eigenvalue weighted by atomic mass is 16.5. The maximum Gasteiger partial charge on any atom is 0.251 e. The van der Waals surface area contributed by atoms with E-state index in [1.54, 1.807) is 12.1 Å². The van der Waals surface area contributed by atoms with Crippen LogP contribution in [0.25, 0.3) is 0 Å². The van der Waals surface area contributed by atoms with Crippen molar-refractivity contribution in [3.63, 3.8) is 0 Å². The van der Waals surface area contributed by atoms with Gasteiger partial charge in [-0.3, -0.25) is 9.69 Å². The van der Waals surface area contributed by atoms with Gasteiger partial charge in [-0.15, -0.1) is 0 Å². The van der Waals surface area contributed by atoms with Gasteiger partial charge in [0.15, 0.2) is 0 Å². The van der Waals surface area contributed by atoms with Crippen molar-refractivity contribution in [2.75, 3.05) is 38.6 Å². The van der Waals surface area contributed by atoms with Crippen LogP contribution in [0.2, 0.25) is 0 Å². The van der Waals surface area contributed by atoms with Gasteiger partial charge in [-0.2, -0.15) is 0 Å². The molecule has 0 saturated carbocycles. The second-order valence-corrected chi connectivity index (χ2v) is 5.36. The van der Waals surface area contributed by atoms with Gasteiger partial charge in [0.05, 0.1) is 13.2 Å². The zero-order chi connectivity index (χ0) is 14.5. The third kappa shape index (κ3) is 3.95. The molecule has 1 atom stereocenters. The largest absolute Gasteiger partial charge is 0.399 e. The molecule has 0 aromatic heterocycles. The number of benzene rings is 1. The Morgan fingerprint density at radius 2 is 2.15 bits per heavy atom. The topological polar surface area (TPSA) is 67.6 Å². The normalized spacial score (nSPS) is 17.7. The molecule has 3 N–H and O–H groups in total. The molecule has 1 aliphatic heterocycles. The number of morpholine rings is 1. The van der Waals surface area contributed by atoms with Crippen molar-refractivity contribution in [1.29, 1.82) is 0 Å². The van der Waals surface area contributed by atoms with Gasteiger partial charge in [0.1, 0.15) is 0 Å². The maximum absolute atomic E-state index is 12.2. The molecule has 1 aromatic carbocycles. The van der Waals surface area contributed by atoms with Gasteiger partial charge in [-0.25, -0.2) is 0 Å². The molecule has 1 aromatic rings. The number of hydrogen-bond acceptors (Lipinski definition) is 4. The first-order chi connectivity index (χ1) is 9.56. The van der Waals surface area contributed by atoms with Gasteiger partial charge >= 0.3 is 0 Å². The number of carbonyl (C=O) groups excluding carboxylic acids is 1. The molecule has 20 heavy (non-hydrogen) atoms. The highest BCUT2D eigenvalue weighted by Gasteiger charge is 2.16. The molecule has 0 radical (unpaired) electrons. The van der Waals surface area contributed by atoms with E-state index in [1.165, 1.54) is 0 Å². The van der Waals surface area contributed by atoms with Gasteiger partial charge in [-0.05, 0) is 37.6 Å². The maximum atomic E-state index is 12.2. The van der Waals surface area contributed by atoms with Crippen LogP contribution in [0.4, 0.5) is 5.69 Å². The number of nitrogens with zero attached hydrogens (tertiary/aromatic N) is 1. The molecule has 0 aliphatic carbocycles. The van der Waals surface area contributed by atoms with E-state index in [-0.39, 0.29) is 11.9 Å². The third-order valence-electron chi connectivity index (χ3n) is 3.55. The molecular formula is C15H23N3O2. The van der Waals surface area contributed by atoms with Crippen LogP contribution < -0.4 is 11.1 Å². The second kappa shape index (κ2) is 6.72. The molecule has 0 bridgehead atoms. The van der Waals surface area contributed by atoms with Crippen molar-refractivity contribution < 1.29 is 9.53 Å². The smallest absolute Gasteiger partial charge is 0.251 e. The summed E-state index contributed by atoms with van der Waals surface area (Å²) in [5.41, 5.74) is 8.06. The predicted molar refractivity (Wildman–Crippen MR) is 79.8 cm³/mol. The monoisotopic (exact) mass is 277 g/mol. The molecule has 0 spiro atoms. The summed E-state index contributed by atoms with van der Waals surface area (Å²) in [6.07, 6.45) is 0. The van der Waals surface area contributed by atoms with E-state index >= 15 is 0 Å². The summed E-state index contributed by atoms with van der Waals surface area (Å²) in [4.78, 5) is 14.5. The van der Waals surface area contributed by atoms with Gasteiger partial charge < -0.3 is 15.8 Å². The minimum absolute atomic E-state index is 0.0474. The molecule has 1 unspecified atom stereocenters. The fourth-order valence-corrected chi connectivity index (χ4v) is 2.34. The van der Waals surface area contributed by atoms with Crippen molar-refractivity contribution in [2.45, 2.75) is 19.9 Å². The predicted octanol–water partition coefficient (Wildman–Crippen LogP) is 1.03. The van der Waals surface area contributed by atoms with Crippen LogP contribution in [0.5, 0.6) is 0 Å². The summed E-state index contributed by atoms with van der Waals surface area (Å²) < 4.78 is 5.32. The lowest BCUT2D eigenvalue weighted by molar-refractivity contribution is 0.0342. The lowest BCUT2D eigenvalue weighted by Crippen LogP contribution is -2.46.